The first-order valence-corrected chi connectivity index (χ1v) is 7.87. The molecule has 0 aromatic heterocycles. The first-order chi connectivity index (χ1) is 10.8. The van der Waals surface area contributed by atoms with E-state index in [4.69, 9.17) is 0 Å². The Balaban J connectivity index is 2.19. The second-order valence-corrected chi connectivity index (χ2v) is 6.33. The standard InChI is InChI=1S/C14H13N3O5S/c1-10-2-5-13(6-3-10)23(21,22)16-15-9-11-8-12(17(19)20)4-7-14(11)18/h2-9,16,18H,1H3/b15-9+. The van der Waals surface area contributed by atoms with Crippen molar-refractivity contribution in [2.24, 2.45) is 5.10 Å². The summed E-state index contributed by atoms with van der Waals surface area (Å²) in [4.78, 5) is 12.1. The number of hydrogen-bond donors (Lipinski definition) is 2. The molecule has 0 saturated heterocycles. The maximum atomic E-state index is 12.0. The lowest BCUT2D eigenvalue weighted by molar-refractivity contribution is -0.384. The molecular formula is C14H13N3O5S. The number of aromatic hydroxyl groups is 1. The molecule has 0 radical (unpaired) electrons. The third kappa shape index (κ3) is 4.04. The van der Waals surface area contributed by atoms with Gasteiger partial charge in [0.1, 0.15) is 5.75 Å². The summed E-state index contributed by atoms with van der Waals surface area (Å²) in [5.41, 5.74) is 0.686. The smallest absolute Gasteiger partial charge is 0.276 e. The molecule has 0 unspecified atom stereocenters. The molecule has 2 aromatic rings. The summed E-state index contributed by atoms with van der Waals surface area (Å²) >= 11 is 0. The van der Waals surface area contributed by atoms with Gasteiger partial charge in [-0.15, -0.1) is 0 Å². The van der Waals surface area contributed by atoms with Crippen LogP contribution in [0, 0.1) is 17.0 Å². The predicted molar refractivity (Wildman–Crippen MR) is 83.9 cm³/mol. The number of rotatable bonds is 5. The first kappa shape index (κ1) is 16.4. The maximum Gasteiger partial charge on any atom is 0.276 e. The Kier molecular flexibility index (Phi) is 4.60. The van der Waals surface area contributed by atoms with Gasteiger partial charge in [-0.05, 0) is 25.1 Å². The van der Waals surface area contributed by atoms with Crippen LogP contribution < -0.4 is 4.83 Å². The number of nitrogens with one attached hydrogen (secondary N) is 1. The molecule has 0 aliphatic heterocycles. The topological polar surface area (TPSA) is 122 Å². The highest BCUT2D eigenvalue weighted by Gasteiger charge is 2.12. The molecular weight excluding hydrogens is 322 g/mol. The van der Waals surface area contributed by atoms with Crippen LogP contribution in [-0.2, 0) is 10.0 Å². The largest absolute Gasteiger partial charge is 0.507 e. The van der Waals surface area contributed by atoms with Gasteiger partial charge >= 0.3 is 0 Å². The molecule has 0 amide bonds. The summed E-state index contributed by atoms with van der Waals surface area (Å²) in [7, 11) is -3.85. The van der Waals surface area contributed by atoms with Crippen molar-refractivity contribution in [1.29, 1.82) is 0 Å². The molecule has 8 nitrogen and oxygen atoms in total. The fourth-order valence-corrected chi connectivity index (χ4v) is 2.49. The van der Waals surface area contributed by atoms with E-state index in [0.717, 1.165) is 30.0 Å². The molecule has 0 atom stereocenters. The molecule has 0 aliphatic carbocycles. The van der Waals surface area contributed by atoms with Crippen LogP contribution in [0.1, 0.15) is 11.1 Å². The van der Waals surface area contributed by atoms with Gasteiger partial charge < -0.3 is 5.11 Å². The van der Waals surface area contributed by atoms with Gasteiger partial charge in [-0.1, -0.05) is 17.7 Å². The molecule has 0 spiro atoms. The Morgan fingerprint density at radius 1 is 1.22 bits per heavy atom. The highest BCUT2D eigenvalue weighted by Crippen LogP contribution is 2.21. The number of nitro benzene ring substituents is 1. The average molecular weight is 335 g/mol. The minimum atomic E-state index is -3.85. The van der Waals surface area contributed by atoms with Crippen molar-refractivity contribution in [2.45, 2.75) is 11.8 Å². The summed E-state index contributed by atoms with van der Waals surface area (Å²) in [5, 5.41) is 23.8. The number of hydrogen-bond acceptors (Lipinski definition) is 6. The zero-order chi connectivity index (χ0) is 17.0. The third-order valence-electron chi connectivity index (χ3n) is 2.93. The van der Waals surface area contributed by atoms with E-state index in [2.05, 4.69) is 5.10 Å². The van der Waals surface area contributed by atoms with Gasteiger partial charge in [0.2, 0.25) is 0 Å². The van der Waals surface area contributed by atoms with Crippen molar-refractivity contribution in [3.05, 3.63) is 63.7 Å². The van der Waals surface area contributed by atoms with Crippen molar-refractivity contribution < 1.29 is 18.4 Å². The Morgan fingerprint density at radius 2 is 1.87 bits per heavy atom. The van der Waals surface area contributed by atoms with E-state index in [9.17, 15) is 23.6 Å². The molecule has 2 N–H and O–H groups in total. The number of benzene rings is 2. The maximum absolute atomic E-state index is 12.0. The lowest BCUT2D eigenvalue weighted by Crippen LogP contribution is -2.18. The quantitative estimate of drug-likeness (QED) is 0.491. The van der Waals surface area contributed by atoms with E-state index in [1.807, 2.05) is 11.8 Å². The molecule has 0 fully saturated rings. The van der Waals surface area contributed by atoms with E-state index in [1.54, 1.807) is 12.1 Å². The monoisotopic (exact) mass is 335 g/mol. The summed E-state index contributed by atoms with van der Waals surface area (Å²) in [6.07, 6.45) is 0.994. The Hall–Kier alpha value is -2.94. The first-order valence-electron chi connectivity index (χ1n) is 6.38. The highest BCUT2D eigenvalue weighted by atomic mass is 32.2. The SMILES string of the molecule is Cc1ccc(S(=O)(=O)N/N=C/c2cc([N+](=O)[O-])ccc2O)cc1. The number of hydrazone groups is 1. The third-order valence-corrected chi connectivity index (χ3v) is 4.17. The molecule has 120 valence electrons. The zero-order valence-corrected chi connectivity index (χ0v) is 12.8. The minimum Gasteiger partial charge on any atom is -0.507 e. The van der Waals surface area contributed by atoms with Gasteiger partial charge in [-0.25, -0.2) is 4.83 Å². The van der Waals surface area contributed by atoms with Crippen LogP contribution in [0.4, 0.5) is 5.69 Å². The van der Waals surface area contributed by atoms with Crippen LogP contribution in [-0.4, -0.2) is 24.7 Å². The fraction of sp³-hybridized carbons (Fsp3) is 0.0714. The Bertz CT molecular complexity index is 860. The van der Waals surface area contributed by atoms with E-state index in [1.165, 1.54) is 12.1 Å². The van der Waals surface area contributed by atoms with E-state index in [-0.39, 0.29) is 21.9 Å². The number of non-ortho nitro benzene ring substituents is 1. The van der Waals surface area contributed by atoms with Crippen molar-refractivity contribution in [3.63, 3.8) is 0 Å². The lowest BCUT2D eigenvalue weighted by atomic mass is 10.2. The van der Waals surface area contributed by atoms with Gasteiger partial charge in [-0.2, -0.15) is 13.5 Å². The van der Waals surface area contributed by atoms with Crippen LogP contribution in [0.3, 0.4) is 0 Å². The molecule has 9 heteroatoms. The lowest BCUT2D eigenvalue weighted by Gasteiger charge is -2.04. The van der Waals surface area contributed by atoms with Gasteiger partial charge in [0.05, 0.1) is 16.0 Å². The van der Waals surface area contributed by atoms with Crippen LogP contribution >= 0.6 is 0 Å². The summed E-state index contributed by atoms with van der Waals surface area (Å²) in [6.45, 7) is 1.83. The van der Waals surface area contributed by atoms with Crippen molar-refractivity contribution >= 4 is 21.9 Å². The fourth-order valence-electron chi connectivity index (χ4n) is 1.69. The number of sulfonamides is 1. The highest BCUT2D eigenvalue weighted by molar-refractivity contribution is 7.89. The average Bonchev–Trinajstić information content (AvgIpc) is 2.49. The van der Waals surface area contributed by atoms with Gasteiger partial charge in [-0.3, -0.25) is 10.1 Å². The van der Waals surface area contributed by atoms with E-state index >= 15 is 0 Å². The number of nitrogens with zero attached hydrogens (tertiary/aromatic N) is 2. The molecule has 0 aliphatic rings. The van der Waals surface area contributed by atoms with Crippen molar-refractivity contribution in [3.8, 4) is 5.75 Å². The van der Waals surface area contributed by atoms with E-state index < -0.39 is 14.9 Å². The second kappa shape index (κ2) is 6.44. The van der Waals surface area contributed by atoms with Crippen LogP contribution in [0.25, 0.3) is 0 Å². The Morgan fingerprint density at radius 3 is 2.48 bits per heavy atom. The number of nitro groups is 1. The predicted octanol–water partition coefficient (Wildman–Crippen LogP) is 1.92. The van der Waals surface area contributed by atoms with Gasteiger partial charge in [0.15, 0.2) is 0 Å². The molecule has 23 heavy (non-hydrogen) atoms. The van der Waals surface area contributed by atoms with Crippen LogP contribution in [0.2, 0.25) is 0 Å². The van der Waals surface area contributed by atoms with Crippen molar-refractivity contribution in [2.75, 3.05) is 0 Å². The summed E-state index contributed by atoms with van der Waals surface area (Å²) in [6, 6.07) is 9.49. The number of aryl methyl sites for hydroxylation is 1. The van der Waals surface area contributed by atoms with Gasteiger partial charge in [0.25, 0.3) is 15.7 Å². The summed E-state index contributed by atoms with van der Waals surface area (Å²) in [5.74, 6) is -0.256. The number of phenols is 1. The molecule has 2 aromatic carbocycles. The molecule has 2 rings (SSSR count). The second-order valence-electron chi connectivity index (χ2n) is 4.67. The van der Waals surface area contributed by atoms with Crippen molar-refractivity contribution in [1.82, 2.24) is 4.83 Å². The molecule has 0 bridgehead atoms. The Labute approximate surface area is 132 Å². The zero-order valence-electron chi connectivity index (χ0n) is 12.0. The van der Waals surface area contributed by atoms with Crippen LogP contribution in [0.5, 0.6) is 5.75 Å². The number of phenolic OH excluding ortho intramolecular Hbond substituents is 1. The van der Waals surface area contributed by atoms with E-state index in [0.29, 0.717) is 0 Å². The van der Waals surface area contributed by atoms with Gasteiger partial charge in [0, 0.05) is 17.7 Å². The molecule has 0 saturated carbocycles. The minimum absolute atomic E-state index is 0.0193. The van der Waals surface area contributed by atoms with Crippen LogP contribution in [0.15, 0.2) is 52.5 Å². The molecule has 0 heterocycles. The normalized spacial score (nSPS) is 11.5. The summed E-state index contributed by atoms with van der Waals surface area (Å²) < 4.78 is 24.0.